The lowest BCUT2D eigenvalue weighted by Crippen LogP contribution is -2.24. The number of rotatable bonds is 6. The van der Waals surface area contributed by atoms with Crippen LogP contribution in [0.1, 0.15) is 17.8 Å². The first-order valence-electron chi connectivity index (χ1n) is 6.53. The largest absolute Gasteiger partial charge is 0.484 e. The molecule has 0 radical (unpaired) electrons. The minimum Gasteiger partial charge on any atom is -0.484 e. The smallest absolute Gasteiger partial charge is 0.257 e. The van der Waals surface area contributed by atoms with Crippen molar-refractivity contribution in [3.63, 3.8) is 0 Å². The lowest BCUT2D eigenvalue weighted by atomic mass is 10.2. The molecule has 6 heteroatoms. The van der Waals surface area contributed by atoms with Gasteiger partial charge in [0.1, 0.15) is 5.75 Å². The molecule has 0 saturated carbocycles. The van der Waals surface area contributed by atoms with Crippen molar-refractivity contribution in [1.82, 2.24) is 5.32 Å². The Kier molecular flexibility index (Phi) is 5.47. The maximum atomic E-state index is 11.2. The van der Waals surface area contributed by atoms with Gasteiger partial charge in [-0.3, -0.25) is 4.79 Å². The Bertz CT molecular complexity index is 615. The maximum absolute atomic E-state index is 11.2. The molecular weight excluding hydrogens is 308 g/mol. The highest BCUT2D eigenvalue weighted by atomic mass is 35.5. The first-order valence-corrected chi connectivity index (χ1v) is 7.73. The minimum absolute atomic E-state index is 0.00996. The highest BCUT2D eigenvalue weighted by Gasteiger charge is 2.08. The van der Waals surface area contributed by atoms with E-state index in [1.165, 1.54) is 0 Å². The third kappa shape index (κ3) is 4.65. The van der Waals surface area contributed by atoms with Crippen molar-refractivity contribution in [3.05, 3.63) is 45.6 Å². The third-order valence-corrected chi connectivity index (χ3v) is 4.30. The van der Waals surface area contributed by atoms with Crippen LogP contribution in [0.4, 0.5) is 5.69 Å². The molecule has 0 aliphatic heterocycles. The molecular formula is C15H17ClN2O2S. The zero-order valence-electron chi connectivity index (χ0n) is 11.9. The SMILES string of the molecule is CNC(=O)COc1cccc(NC(C)c2ccc(Cl)s2)c1. The van der Waals surface area contributed by atoms with Crippen molar-refractivity contribution >= 4 is 34.5 Å². The van der Waals surface area contributed by atoms with Crippen molar-refractivity contribution in [3.8, 4) is 5.75 Å². The summed E-state index contributed by atoms with van der Waals surface area (Å²) in [5.74, 6) is 0.495. The van der Waals surface area contributed by atoms with Crippen molar-refractivity contribution in [2.45, 2.75) is 13.0 Å². The van der Waals surface area contributed by atoms with Crippen molar-refractivity contribution in [2.75, 3.05) is 19.0 Å². The number of ether oxygens (including phenoxy) is 1. The molecule has 1 unspecified atom stereocenters. The number of amides is 1. The number of hydrogen-bond acceptors (Lipinski definition) is 4. The fourth-order valence-electron chi connectivity index (χ4n) is 1.78. The van der Waals surface area contributed by atoms with Crippen molar-refractivity contribution < 1.29 is 9.53 Å². The van der Waals surface area contributed by atoms with E-state index in [0.717, 1.165) is 14.9 Å². The summed E-state index contributed by atoms with van der Waals surface area (Å²) < 4.78 is 6.20. The fraction of sp³-hybridized carbons (Fsp3) is 0.267. The Morgan fingerprint density at radius 3 is 2.86 bits per heavy atom. The molecule has 2 aromatic rings. The van der Waals surface area contributed by atoms with Crippen LogP contribution >= 0.6 is 22.9 Å². The Labute approximate surface area is 133 Å². The summed E-state index contributed by atoms with van der Waals surface area (Å²) in [4.78, 5) is 12.3. The average molecular weight is 325 g/mol. The molecule has 0 aliphatic rings. The quantitative estimate of drug-likeness (QED) is 0.852. The average Bonchev–Trinajstić information content (AvgIpc) is 2.92. The number of halogens is 1. The maximum Gasteiger partial charge on any atom is 0.257 e. The predicted octanol–water partition coefficient (Wildman–Crippen LogP) is 3.70. The normalized spacial score (nSPS) is 11.8. The number of hydrogen-bond donors (Lipinski definition) is 2. The highest BCUT2D eigenvalue weighted by Crippen LogP contribution is 2.29. The van der Waals surface area contributed by atoms with Crippen LogP contribution in [0.3, 0.4) is 0 Å². The zero-order chi connectivity index (χ0) is 15.2. The molecule has 2 rings (SSSR count). The molecule has 0 spiro atoms. The van der Waals surface area contributed by atoms with Gasteiger partial charge in [0.25, 0.3) is 5.91 Å². The molecule has 1 aromatic heterocycles. The topological polar surface area (TPSA) is 50.4 Å². The van der Waals surface area contributed by atoms with Gasteiger partial charge in [0.2, 0.25) is 0 Å². The Morgan fingerprint density at radius 2 is 2.19 bits per heavy atom. The van der Waals surface area contributed by atoms with Gasteiger partial charge in [-0.2, -0.15) is 0 Å². The van der Waals surface area contributed by atoms with Crippen molar-refractivity contribution in [1.29, 1.82) is 0 Å². The Balaban J connectivity index is 1.98. The highest BCUT2D eigenvalue weighted by molar-refractivity contribution is 7.16. The van der Waals surface area contributed by atoms with Crippen LogP contribution in [0.15, 0.2) is 36.4 Å². The molecule has 0 aliphatic carbocycles. The lowest BCUT2D eigenvalue weighted by molar-refractivity contribution is -0.122. The van der Waals surface area contributed by atoms with Gasteiger partial charge in [-0.05, 0) is 31.2 Å². The van der Waals surface area contributed by atoms with Gasteiger partial charge in [0, 0.05) is 23.7 Å². The number of thiophene rings is 1. The molecule has 1 aromatic carbocycles. The standard InChI is InChI=1S/C15H17ClN2O2S/c1-10(13-6-7-14(16)21-13)18-11-4-3-5-12(8-11)20-9-15(19)17-2/h3-8,10,18H,9H2,1-2H3,(H,17,19). The van der Waals surface area contributed by atoms with E-state index >= 15 is 0 Å². The number of carbonyl (C=O) groups is 1. The summed E-state index contributed by atoms with van der Waals surface area (Å²) in [5, 5.41) is 5.90. The summed E-state index contributed by atoms with van der Waals surface area (Å²) in [6.07, 6.45) is 0. The van der Waals surface area contributed by atoms with Gasteiger partial charge < -0.3 is 15.4 Å². The molecule has 1 atom stereocenters. The van der Waals surface area contributed by atoms with Gasteiger partial charge >= 0.3 is 0 Å². The molecule has 0 saturated heterocycles. The second-order valence-corrected chi connectivity index (χ2v) is 6.24. The van der Waals surface area contributed by atoms with E-state index in [1.54, 1.807) is 18.4 Å². The molecule has 0 bridgehead atoms. The summed E-state index contributed by atoms with van der Waals surface area (Å²) in [6.45, 7) is 2.08. The van der Waals surface area contributed by atoms with E-state index < -0.39 is 0 Å². The van der Waals surface area contributed by atoms with Crippen LogP contribution in [-0.2, 0) is 4.79 Å². The van der Waals surface area contributed by atoms with E-state index in [9.17, 15) is 4.79 Å². The van der Waals surface area contributed by atoms with E-state index in [-0.39, 0.29) is 18.6 Å². The second-order valence-electron chi connectivity index (χ2n) is 4.50. The van der Waals surface area contributed by atoms with E-state index in [0.29, 0.717) is 5.75 Å². The van der Waals surface area contributed by atoms with Crippen LogP contribution in [-0.4, -0.2) is 19.6 Å². The van der Waals surface area contributed by atoms with Gasteiger partial charge in [-0.1, -0.05) is 17.7 Å². The number of anilines is 1. The number of benzene rings is 1. The van der Waals surface area contributed by atoms with Gasteiger partial charge in [0.05, 0.1) is 10.4 Å². The van der Waals surface area contributed by atoms with Crippen molar-refractivity contribution in [2.24, 2.45) is 0 Å². The van der Waals surface area contributed by atoms with E-state index in [2.05, 4.69) is 17.6 Å². The summed E-state index contributed by atoms with van der Waals surface area (Å²) in [6, 6.07) is 11.6. The molecule has 1 amide bonds. The van der Waals surface area contributed by atoms with Crippen LogP contribution in [0.25, 0.3) is 0 Å². The Morgan fingerprint density at radius 1 is 1.38 bits per heavy atom. The van der Waals surface area contributed by atoms with Crippen LogP contribution < -0.4 is 15.4 Å². The van der Waals surface area contributed by atoms with Crippen LogP contribution in [0.5, 0.6) is 5.75 Å². The number of likely N-dealkylation sites (N-methyl/N-ethyl adjacent to an activating group) is 1. The minimum atomic E-state index is -0.157. The lowest BCUT2D eigenvalue weighted by Gasteiger charge is -2.14. The van der Waals surface area contributed by atoms with E-state index in [4.69, 9.17) is 16.3 Å². The first-order chi connectivity index (χ1) is 10.1. The molecule has 1 heterocycles. The predicted molar refractivity (Wildman–Crippen MR) is 87.4 cm³/mol. The van der Waals surface area contributed by atoms with Crippen LogP contribution in [0.2, 0.25) is 4.34 Å². The Hall–Kier alpha value is -1.72. The second kappa shape index (κ2) is 7.33. The first kappa shape index (κ1) is 15.7. The number of carbonyl (C=O) groups excluding carboxylic acids is 1. The number of nitrogens with one attached hydrogen (secondary N) is 2. The van der Waals surface area contributed by atoms with Gasteiger partial charge in [-0.15, -0.1) is 11.3 Å². The summed E-state index contributed by atoms with van der Waals surface area (Å²) >= 11 is 7.51. The van der Waals surface area contributed by atoms with Gasteiger partial charge in [0.15, 0.2) is 6.61 Å². The van der Waals surface area contributed by atoms with Gasteiger partial charge in [-0.25, -0.2) is 0 Å². The molecule has 21 heavy (non-hydrogen) atoms. The fourth-order valence-corrected chi connectivity index (χ4v) is 2.84. The molecule has 4 nitrogen and oxygen atoms in total. The molecule has 112 valence electrons. The van der Waals surface area contributed by atoms with E-state index in [1.807, 2.05) is 36.4 Å². The molecule has 0 fully saturated rings. The third-order valence-electron chi connectivity index (χ3n) is 2.89. The zero-order valence-corrected chi connectivity index (χ0v) is 13.4. The monoisotopic (exact) mass is 324 g/mol. The molecule has 2 N–H and O–H groups in total. The van der Waals surface area contributed by atoms with Crippen LogP contribution in [0, 0.1) is 0 Å². The summed E-state index contributed by atoms with van der Waals surface area (Å²) in [7, 11) is 1.58. The summed E-state index contributed by atoms with van der Waals surface area (Å²) in [5.41, 5.74) is 0.932.